The molecule has 0 saturated heterocycles. The van der Waals surface area contributed by atoms with E-state index in [0.29, 0.717) is 22.8 Å². The average molecular weight is 417 g/mol. The van der Waals surface area contributed by atoms with Crippen LogP contribution >= 0.6 is 11.8 Å². The Morgan fingerprint density at radius 3 is 2.47 bits per heavy atom. The van der Waals surface area contributed by atoms with Crippen LogP contribution in [0.3, 0.4) is 0 Å². The second kappa shape index (κ2) is 8.51. The third-order valence-corrected chi connectivity index (χ3v) is 5.56. The summed E-state index contributed by atoms with van der Waals surface area (Å²) in [5, 5.41) is 3.95. The van der Waals surface area contributed by atoms with Crippen LogP contribution in [0, 0.1) is 0 Å². The number of carbonyl (C=O) groups is 2. The number of furan rings is 1. The summed E-state index contributed by atoms with van der Waals surface area (Å²) in [6, 6.07) is 18.2. The number of rotatable bonds is 6. The number of hydrogen-bond acceptors (Lipinski definition) is 6. The summed E-state index contributed by atoms with van der Waals surface area (Å²) in [6.45, 7) is 3.30. The number of Topliss-reactive ketones (excluding diaryl/α,β-unsaturated/α-hetero) is 1. The molecule has 1 N–H and O–H groups in total. The van der Waals surface area contributed by atoms with E-state index in [4.69, 9.17) is 4.42 Å². The van der Waals surface area contributed by atoms with Gasteiger partial charge in [0.25, 0.3) is 0 Å². The molecular formula is C23H19N3O3S. The van der Waals surface area contributed by atoms with Crippen molar-refractivity contribution < 1.29 is 14.0 Å². The van der Waals surface area contributed by atoms with Gasteiger partial charge < -0.3 is 9.73 Å². The van der Waals surface area contributed by atoms with Crippen LogP contribution in [0.2, 0.25) is 0 Å². The predicted molar refractivity (Wildman–Crippen MR) is 118 cm³/mol. The van der Waals surface area contributed by atoms with Crippen molar-refractivity contribution in [2.24, 2.45) is 0 Å². The molecule has 2 heterocycles. The molecule has 0 aliphatic carbocycles. The topological polar surface area (TPSA) is 85.1 Å². The minimum absolute atomic E-state index is 0.0170. The summed E-state index contributed by atoms with van der Waals surface area (Å²) in [7, 11) is 0. The van der Waals surface area contributed by atoms with Gasteiger partial charge in [-0.1, -0.05) is 30.0 Å². The lowest BCUT2D eigenvalue weighted by molar-refractivity contribution is -0.114. The number of anilines is 1. The first kappa shape index (κ1) is 19.8. The molecular weight excluding hydrogens is 398 g/mol. The summed E-state index contributed by atoms with van der Waals surface area (Å²) in [5.41, 5.74) is 2.03. The van der Waals surface area contributed by atoms with E-state index in [9.17, 15) is 9.59 Å². The maximum atomic E-state index is 13.0. The van der Waals surface area contributed by atoms with Gasteiger partial charge in [0.2, 0.25) is 5.91 Å². The highest BCUT2D eigenvalue weighted by Gasteiger charge is 2.20. The van der Waals surface area contributed by atoms with Crippen molar-refractivity contribution in [3.05, 3.63) is 72.5 Å². The van der Waals surface area contributed by atoms with Crippen LogP contribution in [0.5, 0.6) is 0 Å². The molecule has 30 heavy (non-hydrogen) atoms. The lowest BCUT2D eigenvalue weighted by atomic mass is 10.1. The zero-order chi connectivity index (χ0) is 21.1. The lowest BCUT2D eigenvalue weighted by Gasteiger charge is -2.13. The van der Waals surface area contributed by atoms with Gasteiger partial charge in [-0.2, -0.15) is 0 Å². The predicted octanol–water partition coefficient (Wildman–Crippen LogP) is 5.21. The van der Waals surface area contributed by atoms with E-state index in [1.54, 1.807) is 36.6 Å². The van der Waals surface area contributed by atoms with Gasteiger partial charge >= 0.3 is 0 Å². The Labute approximate surface area is 177 Å². The van der Waals surface area contributed by atoms with Crippen LogP contribution in [0.4, 0.5) is 5.69 Å². The normalized spacial score (nSPS) is 11.9. The molecule has 0 aliphatic rings. The first-order chi connectivity index (χ1) is 14.5. The first-order valence-corrected chi connectivity index (χ1v) is 10.3. The minimum Gasteiger partial charge on any atom is -0.461 e. The van der Waals surface area contributed by atoms with E-state index in [0.717, 1.165) is 15.9 Å². The van der Waals surface area contributed by atoms with E-state index in [2.05, 4.69) is 15.3 Å². The van der Waals surface area contributed by atoms with Crippen molar-refractivity contribution in [1.29, 1.82) is 0 Å². The number of nitrogens with one attached hydrogen (secondary N) is 1. The summed E-state index contributed by atoms with van der Waals surface area (Å²) in [5.74, 6) is 0.897. The van der Waals surface area contributed by atoms with Crippen molar-refractivity contribution in [3.63, 3.8) is 0 Å². The monoisotopic (exact) mass is 417 g/mol. The van der Waals surface area contributed by atoms with Gasteiger partial charge in [0, 0.05) is 23.6 Å². The number of para-hydroxylation sites is 1. The summed E-state index contributed by atoms with van der Waals surface area (Å²) in [6.07, 6.45) is 1.58. The van der Waals surface area contributed by atoms with Crippen LogP contribution in [-0.2, 0) is 4.79 Å². The van der Waals surface area contributed by atoms with Crippen LogP contribution in [0.15, 0.2) is 76.4 Å². The molecule has 1 amide bonds. The molecule has 2 aromatic heterocycles. The van der Waals surface area contributed by atoms with Gasteiger partial charge in [0.1, 0.15) is 5.03 Å². The fourth-order valence-corrected chi connectivity index (χ4v) is 4.05. The largest absolute Gasteiger partial charge is 0.461 e. The zero-order valence-electron chi connectivity index (χ0n) is 16.5. The molecule has 1 unspecified atom stereocenters. The van der Waals surface area contributed by atoms with E-state index in [1.165, 1.54) is 18.7 Å². The molecule has 7 heteroatoms. The van der Waals surface area contributed by atoms with Gasteiger partial charge in [-0.15, -0.1) is 0 Å². The van der Waals surface area contributed by atoms with Gasteiger partial charge in [-0.05, 0) is 49.4 Å². The molecule has 1 atom stereocenters. The van der Waals surface area contributed by atoms with Gasteiger partial charge in [-0.3, -0.25) is 9.59 Å². The van der Waals surface area contributed by atoms with E-state index >= 15 is 0 Å². The highest BCUT2D eigenvalue weighted by Crippen LogP contribution is 2.32. The van der Waals surface area contributed by atoms with E-state index < -0.39 is 0 Å². The fraction of sp³-hybridized carbons (Fsp3) is 0.130. The Morgan fingerprint density at radius 2 is 1.77 bits per heavy atom. The highest BCUT2D eigenvalue weighted by molar-refractivity contribution is 8.00. The molecule has 6 nitrogen and oxygen atoms in total. The van der Waals surface area contributed by atoms with Crippen molar-refractivity contribution in [1.82, 2.24) is 9.97 Å². The van der Waals surface area contributed by atoms with Crippen LogP contribution < -0.4 is 5.32 Å². The maximum Gasteiger partial charge on any atom is 0.221 e. The van der Waals surface area contributed by atoms with Crippen molar-refractivity contribution in [2.75, 3.05) is 5.32 Å². The van der Waals surface area contributed by atoms with E-state index in [1.807, 2.05) is 37.3 Å². The first-order valence-electron chi connectivity index (χ1n) is 9.40. The van der Waals surface area contributed by atoms with Crippen molar-refractivity contribution in [3.8, 4) is 11.6 Å². The number of fused-ring (bicyclic) bond motifs is 1. The third-order valence-electron chi connectivity index (χ3n) is 4.46. The number of carbonyl (C=O) groups excluding carboxylic acids is 2. The quantitative estimate of drug-likeness (QED) is 0.263. The number of aromatic nitrogens is 2. The van der Waals surface area contributed by atoms with E-state index in [-0.39, 0.29) is 16.9 Å². The van der Waals surface area contributed by atoms with Crippen LogP contribution in [0.1, 0.15) is 24.2 Å². The Bertz CT molecular complexity index is 1200. The summed E-state index contributed by atoms with van der Waals surface area (Å²) in [4.78, 5) is 33.4. The zero-order valence-corrected chi connectivity index (χ0v) is 17.3. The number of ketones is 1. The Morgan fingerprint density at radius 1 is 1.00 bits per heavy atom. The second-order valence-corrected chi connectivity index (χ2v) is 8.06. The van der Waals surface area contributed by atoms with Crippen LogP contribution in [-0.4, -0.2) is 26.9 Å². The highest BCUT2D eigenvalue weighted by atomic mass is 32.2. The second-order valence-electron chi connectivity index (χ2n) is 6.73. The molecule has 2 aromatic carbocycles. The standard InChI is InChI=1S/C23H19N3O3S/c1-14(21(28)16-9-11-17(12-10-16)24-15(2)27)30-23-18-6-3-4-7-19(18)25-22(26-23)20-8-5-13-29-20/h3-14H,1-2H3,(H,24,27). The number of hydrogen-bond donors (Lipinski definition) is 1. The number of thioether (sulfide) groups is 1. The smallest absolute Gasteiger partial charge is 0.221 e. The molecule has 4 aromatic rings. The maximum absolute atomic E-state index is 13.0. The van der Waals surface area contributed by atoms with Crippen molar-refractivity contribution >= 4 is 40.0 Å². The SMILES string of the molecule is CC(=O)Nc1ccc(C(=O)C(C)Sc2nc(-c3ccco3)nc3ccccc23)cc1. The van der Waals surface area contributed by atoms with Crippen molar-refractivity contribution in [2.45, 2.75) is 24.1 Å². The fourth-order valence-electron chi connectivity index (χ4n) is 3.03. The number of amides is 1. The van der Waals surface area contributed by atoms with Crippen LogP contribution in [0.25, 0.3) is 22.5 Å². The van der Waals surface area contributed by atoms with Gasteiger partial charge in [-0.25, -0.2) is 9.97 Å². The average Bonchev–Trinajstić information content (AvgIpc) is 3.28. The summed E-state index contributed by atoms with van der Waals surface area (Å²) < 4.78 is 5.45. The molecule has 0 saturated carbocycles. The lowest BCUT2D eigenvalue weighted by Crippen LogP contribution is -2.14. The Kier molecular flexibility index (Phi) is 5.63. The Balaban J connectivity index is 1.61. The molecule has 0 aliphatic heterocycles. The number of benzene rings is 2. The molecule has 0 radical (unpaired) electrons. The molecule has 0 bridgehead atoms. The Hall–Kier alpha value is -3.45. The van der Waals surface area contributed by atoms with Gasteiger partial charge in [0.15, 0.2) is 17.4 Å². The minimum atomic E-state index is -0.362. The third kappa shape index (κ3) is 4.26. The molecule has 150 valence electrons. The molecule has 0 fully saturated rings. The molecule has 4 rings (SSSR count). The number of nitrogens with zero attached hydrogens (tertiary/aromatic N) is 2. The summed E-state index contributed by atoms with van der Waals surface area (Å²) >= 11 is 1.39. The molecule has 0 spiro atoms. The van der Waals surface area contributed by atoms with Gasteiger partial charge in [0.05, 0.1) is 17.0 Å².